The standard InChI is InChI=1S/C26H34N2O3/c1-18(2)19-13-15-20(16-14-19)24(25(29)27-21-8-3-4-9-21)28(22-10-5-6-11-22)26(30)23-12-7-17-31-23/h7,12-18,21-22,24H,3-6,8-11H2,1-2H3,(H,27,29). The van der Waals surface area contributed by atoms with Crippen molar-refractivity contribution < 1.29 is 14.0 Å². The van der Waals surface area contributed by atoms with E-state index in [-0.39, 0.29) is 23.9 Å². The van der Waals surface area contributed by atoms with E-state index in [0.717, 1.165) is 56.9 Å². The number of benzene rings is 1. The molecule has 2 aromatic rings. The number of hydrogen-bond acceptors (Lipinski definition) is 3. The molecule has 1 aromatic heterocycles. The number of furan rings is 1. The zero-order chi connectivity index (χ0) is 21.8. The first kappa shape index (κ1) is 21.7. The summed E-state index contributed by atoms with van der Waals surface area (Å²) in [5.41, 5.74) is 2.09. The quantitative estimate of drug-likeness (QED) is 0.633. The Morgan fingerprint density at radius 1 is 0.935 bits per heavy atom. The molecule has 31 heavy (non-hydrogen) atoms. The van der Waals surface area contributed by atoms with Crippen LogP contribution in [0.1, 0.15) is 98.9 Å². The van der Waals surface area contributed by atoms with Crippen molar-refractivity contribution in [3.05, 3.63) is 59.5 Å². The van der Waals surface area contributed by atoms with Gasteiger partial charge >= 0.3 is 0 Å². The summed E-state index contributed by atoms with van der Waals surface area (Å²) >= 11 is 0. The lowest BCUT2D eigenvalue weighted by molar-refractivity contribution is -0.127. The number of carbonyl (C=O) groups excluding carboxylic acids is 2. The summed E-state index contributed by atoms with van der Waals surface area (Å²) in [5.74, 6) is 0.437. The molecule has 1 heterocycles. The first-order valence-corrected chi connectivity index (χ1v) is 11.8. The first-order chi connectivity index (χ1) is 15.0. The summed E-state index contributed by atoms with van der Waals surface area (Å²) in [4.78, 5) is 29.0. The Hall–Kier alpha value is -2.56. The molecule has 1 N–H and O–H groups in total. The molecule has 2 fully saturated rings. The van der Waals surface area contributed by atoms with E-state index in [9.17, 15) is 9.59 Å². The summed E-state index contributed by atoms with van der Waals surface area (Å²) in [6.07, 6.45) is 9.84. The molecule has 1 aromatic carbocycles. The van der Waals surface area contributed by atoms with E-state index < -0.39 is 6.04 Å². The van der Waals surface area contributed by atoms with E-state index in [0.29, 0.717) is 11.7 Å². The predicted octanol–water partition coefficient (Wildman–Crippen LogP) is 5.59. The Kier molecular flexibility index (Phi) is 6.79. The number of nitrogens with one attached hydrogen (secondary N) is 1. The molecule has 0 radical (unpaired) electrons. The van der Waals surface area contributed by atoms with Gasteiger partial charge in [0.1, 0.15) is 6.04 Å². The fourth-order valence-corrected chi connectivity index (χ4v) is 5.06. The second kappa shape index (κ2) is 9.71. The van der Waals surface area contributed by atoms with Crippen molar-refractivity contribution in [3.63, 3.8) is 0 Å². The van der Waals surface area contributed by atoms with Gasteiger partial charge in [0.25, 0.3) is 5.91 Å². The van der Waals surface area contributed by atoms with Crippen molar-refractivity contribution in [3.8, 4) is 0 Å². The Labute approximate surface area is 185 Å². The van der Waals surface area contributed by atoms with Crippen molar-refractivity contribution >= 4 is 11.8 Å². The lowest BCUT2D eigenvalue weighted by Crippen LogP contribution is -2.49. The summed E-state index contributed by atoms with van der Waals surface area (Å²) in [6.45, 7) is 4.31. The van der Waals surface area contributed by atoms with Gasteiger partial charge in [0, 0.05) is 12.1 Å². The Morgan fingerprint density at radius 3 is 2.13 bits per heavy atom. The first-order valence-electron chi connectivity index (χ1n) is 11.8. The van der Waals surface area contributed by atoms with Gasteiger partial charge in [-0.1, -0.05) is 63.8 Å². The van der Waals surface area contributed by atoms with Crippen LogP contribution in [0.5, 0.6) is 0 Å². The number of nitrogens with zero attached hydrogens (tertiary/aromatic N) is 1. The van der Waals surface area contributed by atoms with Crippen LogP contribution in [0.3, 0.4) is 0 Å². The van der Waals surface area contributed by atoms with Gasteiger partial charge in [-0.3, -0.25) is 9.59 Å². The van der Waals surface area contributed by atoms with E-state index in [1.54, 1.807) is 17.0 Å². The summed E-state index contributed by atoms with van der Waals surface area (Å²) in [6, 6.07) is 11.2. The van der Waals surface area contributed by atoms with Gasteiger partial charge in [-0.15, -0.1) is 0 Å². The molecule has 1 unspecified atom stereocenters. The third-order valence-corrected chi connectivity index (χ3v) is 6.83. The largest absolute Gasteiger partial charge is 0.459 e. The van der Waals surface area contributed by atoms with Crippen LogP contribution in [0.15, 0.2) is 47.1 Å². The molecule has 5 nitrogen and oxygen atoms in total. The van der Waals surface area contributed by atoms with E-state index in [4.69, 9.17) is 4.42 Å². The minimum Gasteiger partial charge on any atom is -0.459 e. The maximum atomic E-state index is 13.7. The van der Waals surface area contributed by atoms with Gasteiger partial charge in [0.15, 0.2) is 5.76 Å². The van der Waals surface area contributed by atoms with Gasteiger partial charge in [-0.2, -0.15) is 0 Å². The highest BCUT2D eigenvalue weighted by Gasteiger charge is 2.39. The van der Waals surface area contributed by atoms with Crippen molar-refractivity contribution in [2.24, 2.45) is 0 Å². The topological polar surface area (TPSA) is 62.6 Å². The van der Waals surface area contributed by atoms with Crippen LogP contribution in [0.2, 0.25) is 0 Å². The lowest BCUT2D eigenvalue weighted by atomic mass is 9.96. The van der Waals surface area contributed by atoms with E-state index in [2.05, 4.69) is 31.3 Å². The Bertz CT molecular complexity index is 861. The number of rotatable bonds is 7. The van der Waals surface area contributed by atoms with Gasteiger partial charge in [0.2, 0.25) is 5.91 Å². The maximum Gasteiger partial charge on any atom is 0.290 e. The maximum absolute atomic E-state index is 13.7. The van der Waals surface area contributed by atoms with Crippen molar-refractivity contribution in [1.29, 1.82) is 0 Å². The van der Waals surface area contributed by atoms with Gasteiger partial charge in [-0.25, -0.2) is 0 Å². The van der Waals surface area contributed by atoms with Crippen LogP contribution < -0.4 is 5.32 Å². The van der Waals surface area contributed by atoms with E-state index in [1.807, 2.05) is 12.1 Å². The lowest BCUT2D eigenvalue weighted by Gasteiger charge is -2.36. The molecule has 2 aliphatic rings. The summed E-state index contributed by atoms with van der Waals surface area (Å²) < 4.78 is 5.46. The molecule has 2 amide bonds. The fraction of sp³-hybridized carbons (Fsp3) is 0.538. The van der Waals surface area contributed by atoms with Crippen LogP contribution in [0, 0.1) is 0 Å². The van der Waals surface area contributed by atoms with Crippen molar-refractivity contribution in [2.75, 3.05) is 0 Å². The third-order valence-electron chi connectivity index (χ3n) is 6.83. The van der Waals surface area contributed by atoms with E-state index >= 15 is 0 Å². The Balaban J connectivity index is 1.71. The molecular weight excluding hydrogens is 388 g/mol. The van der Waals surface area contributed by atoms with Gasteiger partial charge < -0.3 is 14.6 Å². The fourth-order valence-electron chi connectivity index (χ4n) is 5.06. The monoisotopic (exact) mass is 422 g/mol. The molecule has 1 atom stereocenters. The van der Waals surface area contributed by atoms with Crippen LogP contribution in [-0.2, 0) is 4.79 Å². The van der Waals surface area contributed by atoms with E-state index in [1.165, 1.54) is 11.8 Å². The average molecular weight is 423 g/mol. The highest BCUT2D eigenvalue weighted by Crippen LogP contribution is 2.34. The van der Waals surface area contributed by atoms with Gasteiger partial charge in [-0.05, 0) is 54.9 Å². The second-order valence-electron chi connectivity index (χ2n) is 9.34. The molecule has 5 heteroatoms. The summed E-state index contributed by atoms with van der Waals surface area (Å²) in [5, 5.41) is 3.26. The molecule has 0 aliphatic heterocycles. The van der Waals surface area contributed by atoms with Crippen LogP contribution in [0.25, 0.3) is 0 Å². The molecule has 0 bridgehead atoms. The molecule has 166 valence electrons. The average Bonchev–Trinajstić information content (AvgIpc) is 3.55. The molecular formula is C26H34N2O3. The Morgan fingerprint density at radius 2 is 1.55 bits per heavy atom. The third kappa shape index (κ3) is 4.86. The minimum atomic E-state index is -0.650. The highest BCUT2D eigenvalue weighted by atomic mass is 16.3. The molecule has 0 saturated heterocycles. The number of carbonyl (C=O) groups is 2. The smallest absolute Gasteiger partial charge is 0.290 e. The molecule has 2 aliphatic carbocycles. The summed E-state index contributed by atoms with van der Waals surface area (Å²) in [7, 11) is 0. The van der Waals surface area contributed by atoms with Gasteiger partial charge in [0.05, 0.1) is 6.26 Å². The zero-order valence-electron chi connectivity index (χ0n) is 18.7. The van der Waals surface area contributed by atoms with Crippen LogP contribution in [-0.4, -0.2) is 28.8 Å². The normalized spacial score (nSPS) is 18.4. The van der Waals surface area contributed by atoms with Crippen molar-refractivity contribution in [1.82, 2.24) is 10.2 Å². The van der Waals surface area contributed by atoms with Crippen LogP contribution >= 0.6 is 0 Å². The zero-order valence-corrected chi connectivity index (χ0v) is 18.7. The van der Waals surface area contributed by atoms with Crippen molar-refractivity contribution in [2.45, 2.75) is 89.3 Å². The SMILES string of the molecule is CC(C)c1ccc(C(C(=O)NC2CCCC2)N(C(=O)c2ccco2)C2CCCC2)cc1. The molecule has 4 rings (SSSR count). The highest BCUT2D eigenvalue weighted by molar-refractivity contribution is 5.96. The molecule has 2 saturated carbocycles. The number of hydrogen-bond donors (Lipinski definition) is 1. The van der Waals surface area contributed by atoms with Crippen LogP contribution in [0.4, 0.5) is 0 Å². The number of amides is 2. The molecule has 0 spiro atoms. The second-order valence-corrected chi connectivity index (χ2v) is 9.34. The predicted molar refractivity (Wildman–Crippen MR) is 121 cm³/mol. The minimum absolute atomic E-state index is 0.0432.